The molecule has 3 heterocycles. The lowest BCUT2D eigenvalue weighted by Crippen LogP contribution is -2.11. The van der Waals surface area contributed by atoms with Gasteiger partial charge in [-0.25, -0.2) is 9.97 Å². The number of H-pyrrole nitrogens is 1. The molecule has 2 N–H and O–H groups in total. The quantitative estimate of drug-likeness (QED) is 0.606. The SMILES string of the molecule is O=C(Nc1nc(-c2ccncc2)cs1)c1ccc2nc[nH]c2c1. The first kappa shape index (κ1) is 13.6. The number of carbonyl (C=O) groups is 1. The predicted molar refractivity (Wildman–Crippen MR) is 89.4 cm³/mol. The zero-order valence-electron chi connectivity index (χ0n) is 11.9. The number of pyridine rings is 1. The van der Waals surface area contributed by atoms with Crippen LogP contribution >= 0.6 is 11.3 Å². The molecule has 0 aliphatic rings. The molecule has 4 rings (SSSR count). The first-order valence-corrected chi connectivity index (χ1v) is 7.78. The van der Waals surface area contributed by atoms with Crippen LogP contribution in [0.25, 0.3) is 22.3 Å². The highest BCUT2D eigenvalue weighted by Crippen LogP contribution is 2.24. The molecular formula is C16H11N5OS. The number of hydrogen-bond donors (Lipinski definition) is 2. The van der Waals surface area contributed by atoms with Gasteiger partial charge in [0.05, 0.1) is 23.1 Å². The Labute approximate surface area is 135 Å². The smallest absolute Gasteiger partial charge is 0.257 e. The van der Waals surface area contributed by atoms with Crippen molar-refractivity contribution in [2.45, 2.75) is 0 Å². The normalized spacial score (nSPS) is 10.8. The third kappa shape index (κ3) is 2.69. The molecule has 4 aromatic rings. The summed E-state index contributed by atoms with van der Waals surface area (Å²) in [5, 5.41) is 5.29. The second-order valence-electron chi connectivity index (χ2n) is 4.86. The van der Waals surface area contributed by atoms with Gasteiger partial charge in [0.25, 0.3) is 5.91 Å². The number of rotatable bonds is 3. The van der Waals surface area contributed by atoms with Crippen molar-refractivity contribution in [2.24, 2.45) is 0 Å². The molecule has 1 amide bonds. The van der Waals surface area contributed by atoms with Gasteiger partial charge in [-0.1, -0.05) is 0 Å². The van der Waals surface area contributed by atoms with Gasteiger partial charge in [-0.05, 0) is 30.3 Å². The maximum atomic E-state index is 12.3. The van der Waals surface area contributed by atoms with E-state index in [0.717, 1.165) is 22.3 Å². The van der Waals surface area contributed by atoms with E-state index in [1.807, 2.05) is 23.6 Å². The van der Waals surface area contributed by atoms with E-state index in [1.165, 1.54) is 11.3 Å². The molecular weight excluding hydrogens is 310 g/mol. The van der Waals surface area contributed by atoms with Crippen LogP contribution in [-0.4, -0.2) is 25.8 Å². The molecule has 0 bridgehead atoms. The van der Waals surface area contributed by atoms with Gasteiger partial charge in [0.2, 0.25) is 0 Å². The van der Waals surface area contributed by atoms with Gasteiger partial charge in [-0.2, -0.15) is 0 Å². The van der Waals surface area contributed by atoms with Crippen molar-refractivity contribution >= 4 is 33.4 Å². The highest BCUT2D eigenvalue weighted by molar-refractivity contribution is 7.14. The van der Waals surface area contributed by atoms with E-state index in [9.17, 15) is 4.79 Å². The van der Waals surface area contributed by atoms with Crippen LogP contribution in [0.4, 0.5) is 5.13 Å². The van der Waals surface area contributed by atoms with Crippen molar-refractivity contribution in [3.8, 4) is 11.3 Å². The molecule has 0 spiro atoms. The van der Waals surface area contributed by atoms with Crippen LogP contribution in [0.1, 0.15) is 10.4 Å². The molecule has 0 aliphatic heterocycles. The Morgan fingerprint density at radius 3 is 2.91 bits per heavy atom. The number of imidazole rings is 1. The van der Waals surface area contributed by atoms with Gasteiger partial charge >= 0.3 is 0 Å². The lowest BCUT2D eigenvalue weighted by Gasteiger charge is -2.01. The molecule has 7 heteroatoms. The number of nitrogens with zero attached hydrogens (tertiary/aromatic N) is 3. The van der Waals surface area contributed by atoms with Crippen LogP contribution in [0.3, 0.4) is 0 Å². The first-order valence-electron chi connectivity index (χ1n) is 6.90. The molecule has 6 nitrogen and oxygen atoms in total. The van der Waals surface area contributed by atoms with Gasteiger partial charge in [-0.3, -0.25) is 15.1 Å². The molecule has 0 radical (unpaired) electrons. The van der Waals surface area contributed by atoms with Gasteiger partial charge in [0, 0.05) is 28.9 Å². The maximum absolute atomic E-state index is 12.3. The molecule has 0 unspecified atom stereocenters. The number of fused-ring (bicyclic) bond motifs is 1. The second-order valence-corrected chi connectivity index (χ2v) is 5.72. The molecule has 0 saturated carbocycles. The average molecular weight is 321 g/mol. The van der Waals surface area contributed by atoms with E-state index in [0.29, 0.717) is 10.7 Å². The summed E-state index contributed by atoms with van der Waals surface area (Å²) in [6, 6.07) is 9.09. The summed E-state index contributed by atoms with van der Waals surface area (Å²) < 4.78 is 0. The predicted octanol–water partition coefficient (Wildman–Crippen LogP) is 3.33. The molecule has 0 fully saturated rings. The number of nitrogens with one attached hydrogen (secondary N) is 2. The average Bonchev–Trinajstić information content (AvgIpc) is 3.24. The van der Waals surface area contributed by atoms with Crippen LogP contribution in [-0.2, 0) is 0 Å². The highest BCUT2D eigenvalue weighted by Gasteiger charge is 2.11. The Kier molecular flexibility index (Phi) is 3.32. The summed E-state index contributed by atoms with van der Waals surface area (Å²) >= 11 is 1.39. The van der Waals surface area contributed by atoms with Crippen LogP contribution in [0.2, 0.25) is 0 Å². The number of amides is 1. The number of thiazole rings is 1. The fourth-order valence-corrected chi connectivity index (χ4v) is 2.95. The van der Waals surface area contributed by atoms with E-state index >= 15 is 0 Å². The van der Waals surface area contributed by atoms with Crippen LogP contribution < -0.4 is 5.32 Å². The van der Waals surface area contributed by atoms with Crippen molar-refractivity contribution in [2.75, 3.05) is 5.32 Å². The van der Waals surface area contributed by atoms with Gasteiger partial charge in [0.15, 0.2) is 5.13 Å². The Hall–Kier alpha value is -3.06. The first-order chi connectivity index (χ1) is 11.3. The zero-order valence-corrected chi connectivity index (χ0v) is 12.7. The Morgan fingerprint density at radius 1 is 1.17 bits per heavy atom. The molecule has 23 heavy (non-hydrogen) atoms. The summed E-state index contributed by atoms with van der Waals surface area (Å²) in [6.07, 6.45) is 5.03. The Balaban J connectivity index is 1.55. The maximum Gasteiger partial charge on any atom is 0.257 e. The van der Waals surface area contributed by atoms with E-state index in [-0.39, 0.29) is 5.91 Å². The van der Waals surface area contributed by atoms with Crippen molar-refractivity contribution < 1.29 is 4.79 Å². The topological polar surface area (TPSA) is 83.6 Å². The number of anilines is 1. The minimum Gasteiger partial charge on any atom is -0.345 e. The van der Waals surface area contributed by atoms with E-state index in [1.54, 1.807) is 30.9 Å². The fourth-order valence-electron chi connectivity index (χ4n) is 2.23. The van der Waals surface area contributed by atoms with Crippen molar-refractivity contribution in [3.63, 3.8) is 0 Å². The summed E-state index contributed by atoms with van der Waals surface area (Å²) in [4.78, 5) is 27.9. The number of aromatic amines is 1. The highest BCUT2D eigenvalue weighted by atomic mass is 32.1. The Morgan fingerprint density at radius 2 is 2.04 bits per heavy atom. The third-order valence-electron chi connectivity index (χ3n) is 3.38. The summed E-state index contributed by atoms with van der Waals surface area (Å²) in [5.41, 5.74) is 4.00. The van der Waals surface area contributed by atoms with Gasteiger partial charge < -0.3 is 4.98 Å². The fraction of sp³-hybridized carbons (Fsp3) is 0. The lowest BCUT2D eigenvalue weighted by atomic mass is 10.2. The molecule has 0 saturated heterocycles. The number of carbonyl (C=O) groups excluding carboxylic acids is 1. The molecule has 112 valence electrons. The van der Waals surface area contributed by atoms with Crippen LogP contribution in [0, 0.1) is 0 Å². The molecule has 3 aromatic heterocycles. The number of aromatic nitrogens is 4. The largest absolute Gasteiger partial charge is 0.345 e. The van der Waals surface area contributed by atoms with Crippen LogP contribution in [0.5, 0.6) is 0 Å². The minimum absolute atomic E-state index is 0.197. The van der Waals surface area contributed by atoms with Crippen molar-refractivity contribution in [1.29, 1.82) is 0 Å². The summed E-state index contributed by atoms with van der Waals surface area (Å²) in [6.45, 7) is 0. The van der Waals surface area contributed by atoms with Gasteiger partial charge in [-0.15, -0.1) is 11.3 Å². The Bertz CT molecular complexity index is 976. The summed E-state index contributed by atoms with van der Waals surface area (Å²) in [5.74, 6) is -0.197. The van der Waals surface area contributed by atoms with Crippen LogP contribution in [0.15, 0.2) is 54.4 Å². The second kappa shape index (κ2) is 5.62. The lowest BCUT2D eigenvalue weighted by molar-refractivity contribution is 0.102. The zero-order chi connectivity index (χ0) is 15.6. The molecule has 1 aromatic carbocycles. The van der Waals surface area contributed by atoms with E-state index in [2.05, 4.69) is 25.3 Å². The standard InChI is InChI=1S/C16H11N5OS/c22-15(11-1-2-12-13(7-11)19-9-18-12)21-16-20-14(8-23-16)10-3-5-17-6-4-10/h1-9H,(H,18,19)(H,20,21,22). The van der Waals surface area contributed by atoms with Crippen molar-refractivity contribution in [1.82, 2.24) is 19.9 Å². The molecule has 0 aliphatic carbocycles. The molecule has 0 atom stereocenters. The number of benzene rings is 1. The number of hydrogen-bond acceptors (Lipinski definition) is 5. The minimum atomic E-state index is -0.197. The van der Waals surface area contributed by atoms with E-state index < -0.39 is 0 Å². The monoisotopic (exact) mass is 321 g/mol. The third-order valence-corrected chi connectivity index (χ3v) is 4.14. The van der Waals surface area contributed by atoms with E-state index in [4.69, 9.17) is 0 Å². The van der Waals surface area contributed by atoms with Gasteiger partial charge in [0.1, 0.15) is 0 Å². The summed E-state index contributed by atoms with van der Waals surface area (Å²) in [7, 11) is 0. The van der Waals surface area contributed by atoms with Crippen molar-refractivity contribution in [3.05, 3.63) is 60.0 Å².